The maximum atomic E-state index is 12.6. The summed E-state index contributed by atoms with van der Waals surface area (Å²) in [7, 11) is 1.65. The minimum atomic E-state index is -3.88. The fourth-order valence-electron chi connectivity index (χ4n) is 4.01. The summed E-state index contributed by atoms with van der Waals surface area (Å²) in [6.07, 6.45) is 2.13. The number of hydrogen-bond donors (Lipinski definition) is 1. The van der Waals surface area contributed by atoms with Crippen molar-refractivity contribution in [1.82, 2.24) is 4.90 Å². The van der Waals surface area contributed by atoms with E-state index in [0.717, 1.165) is 19.3 Å². The number of nitrogens with zero attached hydrogens (tertiary/aromatic N) is 1. The lowest BCUT2D eigenvalue weighted by Crippen LogP contribution is -2.48. The van der Waals surface area contributed by atoms with E-state index in [-0.39, 0.29) is 23.0 Å². The molecule has 3 rings (SSSR count). The molecule has 1 unspecified atom stereocenters. The lowest BCUT2D eigenvalue weighted by molar-refractivity contribution is -0.0502. The van der Waals surface area contributed by atoms with Crippen LogP contribution in [-0.2, 0) is 24.9 Å². The first kappa shape index (κ1) is 21.4. The molecule has 1 amide bonds. The second kappa shape index (κ2) is 7.82. The summed E-state index contributed by atoms with van der Waals surface area (Å²) in [6.45, 7) is 5.18. The van der Waals surface area contributed by atoms with Crippen molar-refractivity contribution >= 4 is 25.8 Å². The lowest BCUT2D eigenvalue weighted by atomic mass is 9.88. The van der Waals surface area contributed by atoms with Crippen molar-refractivity contribution in [2.75, 3.05) is 19.7 Å². The number of hydrogen-bond acceptors (Lipinski definition) is 6. The SMILES string of the molecule is CC(C)(Cc1ccccc1S(=O)(=O)Cl)OC(=O)N1CCC2(CC1)CC(N)CO2. The van der Waals surface area contributed by atoms with Gasteiger partial charge < -0.3 is 20.1 Å². The van der Waals surface area contributed by atoms with Crippen LogP contribution >= 0.6 is 10.7 Å². The number of carbonyl (C=O) groups excluding carboxylic acids is 1. The van der Waals surface area contributed by atoms with Gasteiger partial charge in [-0.2, -0.15) is 0 Å². The molecular weight excluding hydrogens is 404 g/mol. The molecule has 0 aromatic heterocycles. The third kappa shape index (κ3) is 4.97. The highest BCUT2D eigenvalue weighted by Gasteiger charge is 2.43. The summed E-state index contributed by atoms with van der Waals surface area (Å²) >= 11 is 0. The van der Waals surface area contributed by atoms with Gasteiger partial charge in [-0.3, -0.25) is 0 Å². The summed E-state index contributed by atoms with van der Waals surface area (Å²) < 4.78 is 35.1. The number of nitrogens with two attached hydrogens (primary N) is 1. The molecule has 0 aliphatic carbocycles. The van der Waals surface area contributed by atoms with Crippen LogP contribution in [0.5, 0.6) is 0 Å². The number of halogens is 1. The van der Waals surface area contributed by atoms with Crippen LogP contribution in [0.25, 0.3) is 0 Å². The van der Waals surface area contributed by atoms with Gasteiger partial charge in [0, 0.05) is 36.2 Å². The molecule has 9 heteroatoms. The fraction of sp³-hybridized carbons (Fsp3) is 0.632. The first-order valence-corrected chi connectivity index (χ1v) is 11.7. The molecule has 1 aromatic carbocycles. The standard InChI is InChI=1S/C19H27ClN2O5S/c1-18(2,11-14-5-3-4-6-16(14)28(20,24)25)27-17(23)22-9-7-19(8-10-22)12-15(21)13-26-19/h3-6,15H,7-13,21H2,1-2H3. The number of ether oxygens (including phenoxy) is 2. The van der Waals surface area contributed by atoms with Crippen LogP contribution in [0.1, 0.15) is 38.7 Å². The third-order valence-corrected chi connectivity index (χ3v) is 6.81. The van der Waals surface area contributed by atoms with E-state index in [1.165, 1.54) is 6.07 Å². The van der Waals surface area contributed by atoms with Gasteiger partial charge in [-0.15, -0.1) is 0 Å². The molecule has 1 spiro atoms. The highest BCUT2D eigenvalue weighted by molar-refractivity contribution is 8.13. The Morgan fingerprint density at radius 2 is 2.00 bits per heavy atom. The van der Waals surface area contributed by atoms with E-state index in [0.29, 0.717) is 25.3 Å². The molecule has 2 aliphatic heterocycles. The van der Waals surface area contributed by atoms with Gasteiger partial charge in [0.2, 0.25) is 0 Å². The monoisotopic (exact) mass is 430 g/mol. The second-order valence-electron chi connectivity index (χ2n) is 8.30. The van der Waals surface area contributed by atoms with Gasteiger partial charge in [0.15, 0.2) is 0 Å². The van der Waals surface area contributed by atoms with Crippen LogP contribution < -0.4 is 5.73 Å². The first-order valence-electron chi connectivity index (χ1n) is 9.40. The zero-order chi connectivity index (χ0) is 20.6. The Bertz CT molecular complexity index is 834. The van der Waals surface area contributed by atoms with Gasteiger partial charge in [0.05, 0.1) is 17.1 Å². The molecule has 2 saturated heterocycles. The Kier molecular flexibility index (Phi) is 5.96. The van der Waals surface area contributed by atoms with Crippen molar-refractivity contribution in [3.63, 3.8) is 0 Å². The number of carbonyl (C=O) groups is 1. The van der Waals surface area contributed by atoms with Gasteiger partial charge in [-0.05, 0) is 44.7 Å². The predicted molar refractivity (Wildman–Crippen MR) is 106 cm³/mol. The maximum absolute atomic E-state index is 12.6. The van der Waals surface area contributed by atoms with Crippen molar-refractivity contribution < 1.29 is 22.7 Å². The van der Waals surface area contributed by atoms with E-state index in [1.807, 2.05) is 0 Å². The number of benzene rings is 1. The average molecular weight is 431 g/mol. The number of rotatable bonds is 4. The molecule has 2 fully saturated rings. The van der Waals surface area contributed by atoms with Crippen LogP contribution in [0.3, 0.4) is 0 Å². The molecular formula is C19H27ClN2O5S. The van der Waals surface area contributed by atoms with Crippen molar-refractivity contribution in [3.05, 3.63) is 29.8 Å². The Morgan fingerprint density at radius 1 is 1.36 bits per heavy atom. The molecule has 1 aromatic rings. The van der Waals surface area contributed by atoms with Gasteiger partial charge in [-0.1, -0.05) is 18.2 Å². The van der Waals surface area contributed by atoms with Crippen LogP contribution in [-0.4, -0.2) is 56.4 Å². The van der Waals surface area contributed by atoms with Crippen molar-refractivity contribution in [2.24, 2.45) is 5.73 Å². The van der Waals surface area contributed by atoms with Gasteiger partial charge >= 0.3 is 6.09 Å². The van der Waals surface area contributed by atoms with Crippen molar-refractivity contribution in [2.45, 2.75) is 61.7 Å². The Hall–Kier alpha value is -1.35. The van der Waals surface area contributed by atoms with Crippen LogP contribution in [0.15, 0.2) is 29.2 Å². The predicted octanol–water partition coefficient (Wildman–Crippen LogP) is 2.65. The zero-order valence-corrected chi connectivity index (χ0v) is 17.8. The topological polar surface area (TPSA) is 98.9 Å². The molecule has 28 heavy (non-hydrogen) atoms. The maximum Gasteiger partial charge on any atom is 0.410 e. The smallest absolute Gasteiger partial charge is 0.410 e. The van der Waals surface area contributed by atoms with E-state index < -0.39 is 20.7 Å². The summed E-state index contributed by atoms with van der Waals surface area (Å²) in [6, 6.07) is 6.53. The normalized spacial score (nSPS) is 22.4. The van der Waals surface area contributed by atoms with Crippen molar-refractivity contribution in [1.29, 1.82) is 0 Å². The molecule has 2 heterocycles. The molecule has 2 aliphatic rings. The van der Waals surface area contributed by atoms with E-state index in [4.69, 9.17) is 25.9 Å². The molecule has 0 saturated carbocycles. The quantitative estimate of drug-likeness (QED) is 0.737. The van der Waals surface area contributed by atoms with Crippen LogP contribution in [0.4, 0.5) is 4.79 Å². The van der Waals surface area contributed by atoms with E-state index in [1.54, 1.807) is 36.9 Å². The molecule has 7 nitrogen and oxygen atoms in total. The van der Waals surface area contributed by atoms with Gasteiger partial charge in [0.25, 0.3) is 9.05 Å². The minimum Gasteiger partial charge on any atom is -0.443 e. The van der Waals surface area contributed by atoms with Gasteiger partial charge in [0.1, 0.15) is 5.60 Å². The summed E-state index contributed by atoms with van der Waals surface area (Å²) in [4.78, 5) is 14.4. The number of amides is 1. The Morgan fingerprint density at radius 3 is 2.57 bits per heavy atom. The van der Waals surface area contributed by atoms with E-state index in [9.17, 15) is 13.2 Å². The minimum absolute atomic E-state index is 0.0374. The third-order valence-electron chi connectivity index (χ3n) is 5.39. The second-order valence-corrected chi connectivity index (χ2v) is 10.8. The summed E-state index contributed by atoms with van der Waals surface area (Å²) in [5.74, 6) is 0. The highest BCUT2D eigenvalue weighted by Crippen LogP contribution is 2.35. The molecule has 2 N–H and O–H groups in total. The summed E-state index contributed by atoms with van der Waals surface area (Å²) in [5.41, 5.74) is 5.36. The van der Waals surface area contributed by atoms with E-state index in [2.05, 4.69) is 0 Å². The summed E-state index contributed by atoms with van der Waals surface area (Å²) in [5, 5.41) is 0. The molecule has 0 bridgehead atoms. The number of piperidine rings is 1. The van der Waals surface area contributed by atoms with Crippen LogP contribution in [0.2, 0.25) is 0 Å². The van der Waals surface area contributed by atoms with Gasteiger partial charge in [-0.25, -0.2) is 13.2 Å². The zero-order valence-electron chi connectivity index (χ0n) is 16.2. The Labute approximate surface area is 170 Å². The largest absolute Gasteiger partial charge is 0.443 e. The molecule has 156 valence electrons. The fourth-order valence-corrected chi connectivity index (χ4v) is 5.15. The Balaban J connectivity index is 1.61. The first-order chi connectivity index (χ1) is 13.0. The lowest BCUT2D eigenvalue weighted by Gasteiger charge is -2.39. The van der Waals surface area contributed by atoms with Crippen molar-refractivity contribution in [3.8, 4) is 0 Å². The number of likely N-dealkylation sites (tertiary alicyclic amines) is 1. The molecule has 0 radical (unpaired) electrons. The highest BCUT2D eigenvalue weighted by atomic mass is 35.7. The van der Waals surface area contributed by atoms with Crippen LogP contribution in [0, 0.1) is 0 Å². The molecule has 1 atom stereocenters. The van der Waals surface area contributed by atoms with E-state index >= 15 is 0 Å². The average Bonchev–Trinajstić information content (AvgIpc) is 2.94.